The first-order valence-corrected chi connectivity index (χ1v) is 16.4. The maximum atomic E-state index is 6.63. The van der Waals surface area contributed by atoms with Crippen molar-refractivity contribution in [3.8, 4) is 0 Å². The van der Waals surface area contributed by atoms with Crippen molar-refractivity contribution in [1.29, 1.82) is 0 Å². The summed E-state index contributed by atoms with van der Waals surface area (Å²) in [6.45, 7) is 13.3. The summed E-state index contributed by atoms with van der Waals surface area (Å²) in [5, 5.41) is 0. The largest absolute Gasteiger partial charge is 0.327 e. The Morgan fingerprint density at radius 2 is 1.22 bits per heavy atom. The highest BCUT2D eigenvalue weighted by molar-refractivity contribution is 14.1. The molecule has 0 fully saturated rings. The Morgan fingerprint density at radius 1 is 0.694 bits per heavy atom. The van der Waals surface area contributed by atoms with E-state index < -0.39 is 5.97 Å². The lowest BCUT2D eigenvalue weighted by molar-refractivity contribution is -0.407. The third-order valence-corrected chi connectivity index (χ3v) is 7.72. The van der Waals surface area contributed by atoms with E-state index in [2.05, 4.69) is 81.5 Å². The van der Waals surface area contributed by atoms with Crippen molar-refractivity contribution in [3.63, 3.8) is 0 Å². The van der Waals surface area contributed by atoms with E-state index in [1.54, 1.807) is 0 Å². The summed E-state index contributed by atoms with van der Waals surface area (Å²) in [4.78, 5) is 0. The van der Waals surface area contributed by atoms with Crippen LogP contribution in [0.4, 0.5) is 0 Å². The predicted octanol–water partition coefficient (Wildman–Crippen LogP) is 10.6. The van der Waals surface area contributed by atoms with Crippen LogP contribution in [0.1, 0.15) is 140 Å². The lowest BCUT2D eigenvalue weighted by Crippen LogP contribution is -2.47. The zero-order chi connectivity index (χ0) is 26.5. The van der Waals surface area contributed by atoms with Crippen molar-refractivity contribution in [2.75, 3.05) is 19.8 Å². The summed E-state index contributed by atoms with van der Waals surface area (Å²) in [5.41, 5.74) is 2.82. The van der Waals surface area contributed by atoms with Gasteiger partial charge in [0.25, 0.3) is 5.97 Å². The van der Waals surface area contributed by atoms with Gasteiger partial charge < -0.3 is 14.2 Å². The molecule has 0 aliphatic carbocycles. The normalized spacial score (nSPS) is 13.7. The van der Waals surface area contributed by atoms with Gasteiger partial charge in [-0.1, -0.05) is 132 Å². The molecule has 2 atom stereocenters. The molecule has 0 bridgehead atoms. The average molecular weight is 617 g/mol. The van der Waals surface area contributed by atoms with E-state index in [1.165, 1.54) is 49.7 Å². The minimum Gasteiger partial charge on any atom is -0.327 e. The fraction of sp³-hybridized carbons (Fsp3) is 0.812. The predicted molar refractivity (Wildman–Crippen MR) is 164 cm³/mol. The van der Waals surface area contributed by atoms with Gasteiger partial charge in [0.05, 0.1) is 19.8 Å². The van der Waals surface area contributed by atoms with Crippen molar-refractivity contribution in [2.45, 2.75) is 141 Å². The van der Waals surface area contributed by atoms with Crippen LogP contribution < -0.4 is 0 Å². The highest BCUT2D eigenvalue weighted by Crippen LogP contribution is 2.35. The lowest BCUT2D eigenvalue weighted by atomic mass is 9.90. The molecular formula is C32H57IO3. The molecule has 0 aliphatic heterocycles. The number of benzene rings is 1. The number of hydrogen-bond donors (Lipinski definition) is 0. The average Bonchev–Trinajstić information content (AvgIpc) is 2.88. The van der Waals surface area contributed by atoms with Gasteiger partial charge in [-0.15, -0.1) is 0 Å². The molecule has 0 spiro atoms. The number of ether oxygens (including phenoxy) is 3. The summed E-state index contributed by atoms with van der Waals surface area (Å²) in [7, 11) is 0. The molecule has 1 rings (SSSR count). The highest BCUT2D eigenvalue weighted by atomic mass is 127. The molecule has 0 amide bonds. The molecule has 4 heteroatoms. The number of rotatable bonds is 24. The Labute approximate surface area is 238 Å². The number of hydrogen-bond acceptors (Lipinski definition) is 3. The van der Waals surface area contributed by atoms with E-state index >= 15 is 0 Å². The molecule has 0 heterocycles. The molecule has 0 aromatic heterocycles. The van der Waals surface area contributed by atoms with Gasteiger partial charge in [-0.05, 0) is 56.6 Å². The Kier molecular flexibility index (Phi) is 20.4. The molecule has 0 aliphatic rings. The fourth-order valence-corrected chi connectivity index (χ4v) is 4.95. The van der Waals surface area contributed by atoms with Crippen LogP contribution in [0.2, 0.25) is 0 Å². The van der Waals surface area contributed by atoms with Gasteiger partial charge in [-0.3, -0.25) is 0 Å². The van der Waals surface area contributed by atoms with Crippen LogP contribution in [0.25, 0.3) is 0 Å². The Hall–Kier alpha value is -0.170. The van der Waals surface area contributed by atoms with Crippen LogP contribution in [0.5, 0.6) is 0 Å². The number of alkyl halides is 1. The highest BCUT2D eigenvalue weighted by Gasteiger charge is 2.42. The third-order valence-electron chi connectivity index (χ3n) is 7.00. The molecule has 0 saturated heterocycles. The van der Waals surface area contributed by atoms with Crippen molar-refractivity contribution in [2.24, 2.45) is 5.92 Å². The quantitative estimate of drug-likeness (QED) is 0.0501. The Balaban J connectivity index is 3.11. The van der Waals surface area contributed by atoms with Crippen molar-refractivity contribution < 1.29 is 14.2 Å². The van der Waals surface area contributed by atoms with E-state index in [4.69, 9.17) is 14.2 Å². The van der Waals surface area contributed by atoms with Gasteiger partial charge in [0.1, 0.15) is 0 Å². The summed E-state index contributed by atoms with van der Waals surface area (Å²) in [6, 6.07) is 9.12. The molecule has 0 N–H and O–H groups in total. The smallest absolute Gasteiger partial charge is 0.285 e. The summed E-state index contributed by atoms with van der Waals surface area (Å²) < 4.78 is 20.4. The van der Waals surface area contributed by atoms with Crippen LogP contribution in [0, 0.1) is 5.92 Å². The number of unbranched alkanes of at least 4 members (excludes halogenated alkanes) is 8. The van der Waals surface area contributed by atoms with Gasteiger partial charge in [0, 0.05) is 9.84 Å². The van der Waals surface area contributed by atoms with E-state index in [0.29, 0.717) is 23.7 Å². The van der Waals surface area contributed by atoms with Gasteiger partial charge >= 0.3 is 0 Å². The van der Waals surface area contributed by atoms with Crippen LogP contribution in [-0.4, -0.2) is 25.8 Å². The molecule has 3 nitrogen and oxygen atoms in total. The molecule has 1 aromatic carbocycles. The van der Waals surface area contributed by atoms with Crippen molar-refractivity contribution >= 4 is 22.6 Å². The second-order valence-electron chi connectivity index (χ2n) is 10.4. The van der Waals surface area contributed by atoms with Gasteiger partial charge in [0.2, 0.25) is 0 Å². The molecule has 1 aromatic rings. The van der Waals surface area contributed by atoms with Crippen LogP contribution >= 0.6 is 22.6 Å². The summed E-state index contributed by atoms with van der Waals surface area (Å²) in [6.07, 6.45) is 17.4. The zero-order valence-electron chi connectivity index (χ0n) is 24.3. The first kappa shape index (κ1) is 33.9. The van der Waals surface area contributed by atoms with Crippen LogP contribution in [0.3, 0.4) is 0 Å². The van der Waals surface area contributed by atoms with Crippen LogP contribution in [-0.2, 0) is 20.6 Å². The molecule has 2 unspecified atom stereocenters. The maximum absolute atomic E-state index is 6.63. The van der Waals surface area contributed by atoms with Crippen molar-refractivity contribution in [3.05, 3.63) is 35.4 Å². The Bertz CT molecular complexity index is 607. The monoisotopic (exact) mass is 616 g/mol. The topological polar surface area (TPSA) is 27.7 Å². The van der Waals surface area contributed by atoms with Crippen LogP contribution in [0.15, 0.2) is 24.3 Å². The van der Waals surface area contributed by atoms with Crippen molar-refractivity contribution in [1.82, 2.24) is 0 Å². The molecule has 0 radical (unpaired) electrons. The second kappa shape index (κ2) is 21.7. The summed E-state index contributed by atoms with van der Waals surface area (Å²) >= 11 is 2.51. The van der Waals surface area contributed by atoms with E-state index in [-0.39, 0.29) is 5.92 Å². The summed E-state index contributed by atoms with van der Waals surface area (Å²) in [5.74, 6) is -0.688. The van der Waals surface area contributed by atoms with E-state index in [9.17, 15) is 0 Å². The number of aryl methyl sites for hydroxylation is 1. The van der Waals surface area contributed by atoms with E-state index in [0.717, 1.165) is 57.8 Å². The SMILES string of the molecule is CCCCCCCCC(CCc1cccc(C(C)I)c1)C(OCCCC)(OCCCC)OCCCC. The molecule has 0 saturated carbocycles. The van der Waals surface area contributed by atoms with Gasteiger partial charge in [-0.25, -0.2) is 0 Å². The zero-order valence-corrected chi connectivity index (χ0v) is 26.5. The van der Waals surface area contributed by atoms with E-state index in [1.807, 2.05) is 0 Å². The molecular weight excluding hydrogens is 559 g/mol. The fourth-order valence-electron chi connectivity index (χ4n) is 4.56. The first-order valence-electron chi connectivity index (χ1n) is 15.2. The molecule has 36 heavy (non-hydrogen) atoms. The third kappa shape index (κ3) is 14.1. The van der Waals surface area contributed by atoms with Gasteiger partial charge in [0.15, 0.2) is 0 Å². The van der Waals surface area contributed by atoms with Gasteiger partial charge in [-0.2, -0.15) is 0 Å². The maximum Gasteiger partial charge on any atom is 0.285 e. The standard InChI is InChI=1S/C32H57IO3/c1-6-10-14-15-16-17-21-31(23-22-29-19-18-20-30(27-29)28(5)33)32(34-24-11-7-2,35-25-12-8-3)36-26-13-9-4/h18-20,27-28,31H,6-17,21-26H2,1-5H3. The first-order chi connectivity index (χ1) is 17.5. The Morgan fingerprint density at radius 3 is 1.75 bits per heavy atom. The minimum atomic E-state index is -0.920. The lowest BCUT2D eigenvalue weighted by Gasteiger charge is -2.40. The number of halogens is 1. The molecule has 210 valence electrons. The second-order valence-corrected chi connectivity index (χ2v) is 12.2. The minimum absolute atomic E-state index is 0.231.